The number of aromatic nitrogens is 3. The van der Waals surface area contributed by atoms with Crippen LogP contribution in [0.2, 0.25) is 0 Å². The molecule has 1 amide bonds. The van der Waals surface area contributed by atoms with E-state index in [0.29, 0.717) is 6.04 Å². The predicted octanol–water partition coefficient (Wildman–Crippen LogP) is 3.99. The smallest absolute Gasteiger partial charge is 0.254 e. The fourth-order valence-corrected chi connectivity index (χ4v) is 4.81. The molecule has 1 atom stereocenters. The number of carbonyl (C=O) groups is 1. The quantitative estimate of drug-likeness (QED) is 0.664. The van der Waals surface area contributed by atoms with E-state index in [0.717, 1.165) is 53.8 Å². The van der Waals surface area contributed by atoms with Crippen molar-refractivity contribution >= 4 is 16.8 Å². The third-order valence-corrected chi connectivity index (χ3v) is 6.46. The largest absolute Gasteiger partial charge is 0.337 e. The van der Waals surface area contributed by atoms with E-state index in [-0.39, 0.29) is 11.9 Å². The Morgan fingerprint density at radius 3 is 2.80 bits per heavy atom. The maximum atomic E-state index is 13.7. The summed E-state index contributed by atoms with van der Waals surface area (Å²) in [7, 11) is 0. The SMILES string of the molecule is CC(C)n1cc(-c2cc(C(=O)N3CCCN4CCCC4C3)c3ccccc3n2)cn1. The Morgan fingerprint density at radius 1 is 1.13 bits per heavy atom. The van der Waals surface area contributed by atoms with E-state index in [9.17, 15) is 4.79 Å². The predicted molar refractivity (Wildman–Crippen MR) is 118 cm³/mol. The number of hydrogen-bond donors (Lipinski definition) is 0. The van der Waals surface area contributed by atoms with E-state index in [1.807, 2.05) is 47.4 Å². The summed E-state index contributed by atoms with van der Waals surface area (Å²) in [5.74, 6) is 0.125. The summed E-state index contributed by atoms with van der Waals surface area (Å²) in [6.45, 7) is 8.13. The first-order valence-corrected chi connectivity index (χ1v) is 11.1. The number of rotatable bonds is 3. The molecule has 0 bridgehead atoms. The van der Waals surface area contributed by atoms with Gasteiger partial charge < -0.3 is 4.90 Å². The molecule has 5 rings (SSSR count). The molecule has 0 N–H and O–H groups in total. The molecule has 2 aliphatic heterocycles. The van der Waals surface area contributed by atoms with Gasteiger partial charge in [-0.15, -0.1) is 0 Å². The number of nitrogens with zero attached hydrogens (tertiary/aromatic N) is 5. The van der Waals surface area contributed by atoms with E-state index in [1.165, 1.54) is 19.4 Å². The molecule has 1 aromatic carbocycles. The lowest BCUT2D eigenvalue weighted by Gasteiger charge is -2.26. The summed E-state index contributed by atoms with van der Waals surface area (Å²) in [6, 6.07) is 10.7. The van der Waals surface area contributed by atoms with Crippen molar-refractivity contribution in [3.8, 4) is 11.3 Å². The Labute approximate surface area is 177 Å². The van der Waals surface area contributed by atoms with Gasteiger partial charge in [0.1, 0.15) is 0 Å². The van der Waals surface area contributed by atoms with Crippen LogP contribution in [-0.4, -0.2) is 62.7 Å². The molecular weight excluding hydrogens is 374 g/mol. The Bertz CT molecular complexity index is 1070. The first kappa shape index (κ1) is 19.2. The van der Waals surface area contributed by atoms with Crippen molar-refractivity contribution in [3.63, 3.8) is 0 Å². The Hall–Kier alpha value is -2.73. The van der Waals surface area contributed by atoms with Gasteiger partial charge >= 0.3 is 0 Å². The maximum Gasteiger partial charge on any atom is 0.254 e. The van der Waals surface area contributed by atoms with Crippen LogP contribution in [0, 0.1) is 0 Å². The van der Waals surface area contributed by atoms with Crippen molar-refractivity contribution in [2.75, 3.05) is 26.2 Å². The Balaban J connectivity index is 1.54. The number of carbonyl (C=O) groups excluding carboxylic acids is 1. The van der Waals surface area contributed by atoms with Gasteiger partial charge in [0.2, 0.25) is 0 Å². The van der Waals surface area contributed by atoms with Crippen molar-refractivity contribution in [2.45, 2.75) is 45.2 Å². The molecular formula is C24H29N5O. The zero-order valence-corrected chi connectivity index (χ0v) is 17.8. The fraction of sp³-hybridized carbons (Fsp3) is 0.458. The number of hydrogen-bond acceptors (Lipinski definition) is 4. The summed E-state index contributed by atoms with van der Waals surface area (Å²) in [5, 5.41) is 5.39. The molecule has 4 heterocycles. The van der Waals surface area contributed by atoms with Gasteiger partial charge in [-0.2, -0.15) is 5.10 Å². The lowest BCUT2D eigenvalue weighted by Crippen LogP contribution is -2.39. The van der Waals surface area contributed by atoms with Crippen LogP contribution < -0.4 is 0 Å². The second-order valence-corrected chi connectivity index (χ2v) is 8.81. The van der Waals surface area contributed by atoms with Crippen LogP contribution in [0.25, 0.3) is 22.2 Å². The molecule has 3 aromatic rings. The van der Waals surface area contributed by atoms with E-state index in [2.05, 4.69) is 28.7 Å². The van der Waals surface area contributed by atoms with Crippen LogP contribution >= 0.6 is 0 Å². The minimum Gasteiger partial charge on any atom is -0.337 e. The maximum absolute atomic E-state index is 13.7. The normalized spacial score (nSPS) is 20.0. The summed E-state index contributed by atoms with van der Waals surface area (Å²) in [4.78, 5) is 23.2. The molecule has 6 heteroatoms. The topological polar surface area (TPSA) is 54.3 Å². The number of pyridine rings is 1. The van der Waals surface area contributed by atoms with E-state index in [4.69, 9.17) is 4.98 Å². The second-order valence-electron chi connectivity index (χ2n) is 8.81. The van der Waals surface area contributed by atoms with Crippen LogP contribution in [-0.2, 0) is 0 Å². The molecule has 0 radical (unpaired) electrons. The zero-order valence-electron chi connectivity index (χ0n) is 17.8. The third-order valence-electron chi connectivity index (χ3n) is 6.46. The molecule has 2 saturated heterocycles. The van der Waals surface area contributed by atoms with Gasteiger partial charge in [0.15, 0.2) is 0 Å². The molecule has 6 nitrogen and oxygen atoms in total. The molecule has 156 valence electrons. The van der Waals surface area contributed by atoms with Crippen LogP contribution in [0.5, 0.6) is 0 Å². The van der Waals surface area contributed by atoms with Gasteiger partial charge in [0.25, 0.3) is 5.91 Å². The molecule has 30 heavy (non-hydrogen) atoms. The molecule has 2 aliphatic rings. The number of para-hydroxylation sites is 1. The van der Waals surface area contributed by atoms with E-state index in [1.54, 1.807) is 0 Å². The van der Waals surface area contributed by atoms with Crippen LogP contribution in [0.15, 0.2) is 42.7 Å². The second kappa shape index (κ2) is 7.84. The minimum atomic E-state index is 0.125. The Kier molecular flexibility index (Phi) is 5.03. The zero-order chi connectivity index (χ0) is 20.7. The van der Waals surface area contributed by atoms with Crippen LogP contribution in [0.4, 0.5) is 0 Å². The molecule has 2 aromatic heterocycles. The number of benzene rings is 1. The minimum absolute atomic E-state index is 0.125. The number of amides is 1. The van der Waals surface area contributed by atoms with Gasteiger partial charge in [-0.25, -0.2) is 4.98 Å². The highest BCUT2D eigenvalue weighted by Gasteiger charge is 2.31. The molecule has 1 unspecified atom stereocenters. The Morgan fingerprint density at radius 2 is 1.97 bits per heavy atom. The van der Waals surface area contributed by atoms with E-state index >= 15 is 0 Å². The van der Waals surface area contributed by atoms with E-state index < -0.39 is 0 Å². The van der Waals surface area contributed by atoms with Crippen LogP contribution in [0.1, 0.15) is 49.5 Å². The third kappa shape index (κ3) is 3.49. The summed E-state index contributed by atoms with van der Waals surface area (Å²) in [5.41, 5.74) is 3.36. The lowest BCUT2D eigenvalue weighted by molar-refractivity contribution is 0.0745. The van der Waals surface area contributed by atoms with Crippen molar-refractivity contribution in [2.24, 2.45) is 0 Å². The molecule has 2 fully saturated rings. The molecule has 0 saturated carbocycles. The summed E-state index contributed by atoms with van der Waals surface area (Å²) < 4.78 is 1.93. The summed E-state index contributed by atoms with van der Waals surface area (Å²) >= 11 is 0. The highest BCUT2D eigenvalue weighted by molar-refractivity contribution is 6.07. The monoisotopic (exact) mass is 403 g/mol. The van der Waals surface area contributed by atoms with Crippen LogP contribution in [0.3, 0.4) is 0 Å². The van der Waals surface area contributed by atoms with Crippen molar-refractivity contribution in [1.29, 1.82) is 0 Å². The van der Waals surface area contributed by atoms with Gasteiger partial charge in [-0.3, -0.25) is 14.4 Å². The number of fused-ring (bicyclic) bond motifs is 2. The first-order valence-electron chi connectivity index (χ1n) is 11.1. The van der Waals surface area contributed by atoms with Gasteiger partial charge in [0, 0.05) is 48.9 Å². The standard InChI is InChI=1S/C24H29N5O/c1-17(2)29-15-18(14-25-29)23-13-21(20-8-3-4-9-22(20)26-23)24(30)28-12-6-11-27-10-5-7-19(27)16-28/h3-4,8-9,13-15,17,19H,5-7,10-12,16H2,1-2H3. The van der Waals surface area contributed by atoms with Crippen molar-refractivity contribution < 1.29 is 4.79 Å². The van der Waals surface area contributed by atoms with Crippen molar-refractivity contribution in [1.82, 2.24) is 24.6 Å². The molecule has 0 aliphatic carbocycles. The average Bonchev–Trinajstić information content (AvgIpc) is 3.38. The lowest BCUT2D eigenvalue weighted by atomic mass is 10.0. The first-order chi connectivity index (χ1) is 14.6. The highest BCUT2D eigenvalue weighted by atomic mass is 16.2. The summed E-state index contributed by atoms with van der Waals surface area (Å²) in [6.07, 6.45) is 7.33. The highest BCUT2D eigenvalue weighted by Crippen LogP contribution is 2.28. The van der Waals surface area contributed by atoms with Gasteiger partial charge in [-0.05, 0) is 51.8 Å². The van der Waals surface area contributed by atoms with Gasteiger partial charge in [0.05, 0.1) is 23.0 Å². The van der Waals surface area contributed by atoms with Gasteiger partial charge in [-0.1, -0.05) is 18.2 Å². The average molecular weight is 404 g/mol. The van der Waals surface area contributed by atoms with Crippen molar-refractivity contribution in [3.05, 3.63) is 48.3 Å². The fourth-order valence-electron chi connectivity index (χ4n) is 4.81. The molecule has 0 spiro atoms.